The van der Waals surface area contributed by atoms with E-state index < -0.39 is 12.1 Å². The Balaban J connectivity index is 1.61. The molecule has 1 aliphatic heterocycles. The highest BCUT2D eigenvalue weighted by Crippen LogP contribution is 2.20. The van der Waals surface area contributed by atoms with Crippen LogP contribution in [-0.4, -0.2) is 45.5 Å². The van der Waals surface area contributed by atoms with Crippen molar-refractivity contribution in [2.75, 3.05) is 6.54 Å². The SMILES string of the molecule is O=C(NCc1ccc(Cl)cc1)C1CC(O)CN1C(=O)Cc1cccnc1. The minimum atomic E-state index is -0.695. The molecule has 2 N–H and O–H groups in total. The number of hydrogen-bond acceptors (Lipinski definition) is 4. The summed E-state index contributed by atoms with van der Waals surface area (Å²) in [7, 11) is 0. The number of nitrogens with zero attached hydrogens (tertiary/aromatic N) is 2. The molecule has 2 heterocycles. The fourth-order valence-electron chi connectivity index (χ4n) is 3.03. The topological polar surface area (TPSA) is 82.5 Å². The number of carbonyl (C=O) groups excluding carboxylic acids is 2. The van der Waals surface area contributed by atoms with E-state index in [0.717, 1.165) is 11.1 Å². The molecule has 0 bridgehead atoms. The van der Waals surface area contributed by atoms with Gasteiger partial charge in [0.1, 0.15) is 6.04 Å². The van der Waals surface area contributed by atoms with Gasteiger partial charge in [0.25, 0.3) is 0 Å². The standard InChI is InChI=1S/C19H20ClN3O3/c20-15-5-3-13(4-6-15)11-22-19(26)17-9-16(24)12-23(17)18(25)8-14-2-1-7-21-10-14/h1-7,10,16-17,24H,8-9,11-12H2,(H,22,26). The molecule has 0 radical (unpaired) electrons. The van der Waals surface area contributed by atoms with Gasteiger partial charge in [0.15, 0.2) is 0 Å². The van der Waals surface area contributed by atoms with E-state index in [1.54, 1.807) is 30.6 Å². The van der Waals surface area contributed by atoms with Gasteiger partial charge in [-0.3, -0.25) is 14.6 Å². The Morgan fingerprint density at radius 3 is 2.69 bits per heavy atom. The number of hydrogen-bond donors (Lipinski definition) is 2. The van der Waals surface area contributed by atoms with Crippen LogP contribution in [0.4, 0.5) is 0 Å². The van der Waals surface area contributed by atoms with Gasteiger partial charge in [-0.15, -0.1) is 0 Å². The number of rotatable bonds is 5. The molecule has 0 saturated carbocycles. The normalized spacial score (nSPS) is 19.4. The minimum absolute atomic E-state index is 0.154. The largest absolute Gasteiger partial charge is 0.391 e. The van der Waals surface area contributed by atoms with Crippen molar-refractivity contribution in [2.24, 2.45) is 0 Å². The second kappa shape index (κ2) is 8.29. The molecule has 0 aliphatic carbocycles. The molecule has 2 unspecified atom stereocenters. The maximum atomic E-state index is 12.6. The first-order valence-electron chi connectivity index (χ1n) is 8.41. The molecule has 2 amide bonds. The van der Waals surface area contributed by atoms with E-state index in [1.807, 2.05) is 18.2 Å². The summed E-state index contributed by atoms with van der Waals surface area (Å²) in [4.78, 5) is 30.6. The predicted molar refractivity (Wildman–Crippen MR) is 97.4 cm³/mol. The molecule has 1 fully saturated rings. The molecule has 6 nitrogen and oxygen atoms in total. The first-order valence-corrected chi connectivity index (χ1v) is 8.79. The third-order valence-electron chi connectivity index (χ3n) is 4.36. The first kappa shape index (κ1) is 18.4. The van der Waals surface area contributed by atoms with Crippen LogP contribution in [0.25, 0.3) is 0 Å². The van der Waals surface area contributed by atoms with Crippen molar-refractivity contribution in [3.8, 4) is 0 Å². The second-order valence-electron chi connectivity index (χ2n) is 6.33. The van der Waals surface area contributed by atoms with Crippen LogP contribution < -0.4 is 5.32 Å². The van der Waals surface area contributed by atoms with Crippen LogP contribution in [-0.2, 0) is 22.6 Å². The van der Waals surface area contributed by atoms with Crippen molar-refractivity contribution in [1.29, 1.82) is 0 Å². The highest BCUT2D eigenvalue weighted by Gasteiger charge is 2.38. The lowest BCUT2D eigenvalue weighted by atomic mass is 10.1. The lowest BCUT2D eigenvalue weighted by Crippen LogP contribution is -2.46. The molecule has 3 rings (SSSR count). The van der Waals surface area contributed by atoms with Crippen LogP contribution in [0.5, 0.6) is 0 Å². The highest BCUT2D eigenvalue weighted by atomic mass is 35.5. The maximum absolute atomic E-state index is 12.6. The maximum Gasteiger partial charge on any atom is 0.243 e. The highest BCUT2D eigenvalue weighted by molar-refractivity contribution is 6.30. The lowest BCUT2D eigenvalue weighted by Gasteiger charge is -2.23. The van der Waals surface area contributed by atoms with E-state index in [4.69, 9.17) is 11.6 Å². The molecule has 0 spiro atoms. The Morgan fingerprint density at radius 2 is 2.00 bits per heavy atom. The smallest absolute Gasteiger partial charge is 0.243 e. The number of pyridine rings is 1. The molecular weight excluding hydrogens is 354 g/mol. The fourth-order valence-corrected chi connectivity index (χ4v) is 3.15. The molecule has 1 saturated heterocycles. The zero-order valence-corrected chi connectivity index (χ0v) is 14.9. The van der Waals surface area contributed by atoms with E-state index in [2.05, 4.69) is 10.3 Å². The predicted octanol–water partition coefficient (Wildman–Crippen LogP) is 1.56. The van der Waals surface area contributed by atoms with E-state index in [-0.39, 0.29) is 31.2 Å². The molecule has 26 heavy (non-hydrogen) atoms. The van der Waals surface area contributed by atoms with Crippen molar-refractivity contribution in [3.63, 3.8) is 0 Å². The van der Waals surface area contributed by atoms with E-state index in [0.29, 0.717) is 11.6 Å². The van der Waals surface area contributed by atoms with Crippen molar-refractivity contribution in [1.82, 2.24) is 15.2 Å². The Labute approximate surface area is 156 Å². The third kappa shape index (κ3) is 4.59. The van der Waals surface area contributed by atoms with E-state index in [9.17, 15) is 14.7 Å². The first-order chi connectivity index (χ1) is 12.5. The zero-order chi connectivity index (χ0) is 18.5. The quantitative estimate of drug-likeness (QED) is 0.833. The van der Waals surface area contributed by atoms with Crippen molar-refractivity contribution in [3.05, 3.63) is 64.9 Å². The molecule has 1 aromatic heterocycles. The number of benzene rings is 1. The van der Waals surface area contributed by atoms with E-state index >= 15 is 0 Å². The molecule has 136 valence electrons. The van der Waals surface area contributed by atoms with Gasteiger partial charge in [-0.25, -0.2) is 0 Å². The average molecular weight is 374 g/mol. The zero-order valence-electron chi connectivity index (χ0n) is 14.1. The third-order valence-corrected chi connectivity index (χ3v) is 4.61. The fraction of sp³-hybridized carbons (Fsp3) is 0.316. The molecular formula is C19H20ClN3O3. The summed E-state index contributed by atoms with van der Waals surface area (Å²) >= 11 is 5.85. The van der Waals surface area contributed by atoms with Crippen LogP contribution in [0.2, 0.25) is 5.02 Å². The number of carbonyl (C=O) groups is 2. The minimum Gasteiger partial charge on any atom is -0.391 e. The van der Waals surface area contributed by atoms with Gasteiger partial charge in [0.2, 0.25) is 11.8 Å². The molecule has 1 aliphatic rings. The summed E-state index contributed by atoms with van der Waals surface area (Å²) in [6.45, 7) is 0.505. The number of nitrogens with one attached hydrogen (secondary N) is 1. The van der Waals surface area contributed by atoms with Gasteiger partial charge in [0.05, 0.1) is 12.5 Å². The average Bonchev–Trinajstić information content (AvgIpc) is 3.04. The number of amides is 2. The van der Waals surface area contributed by atoms with Crippen LogP contribution in [0, 0.1) is 0 Å². The number of aromatic nitrogens is 1. The number of β-amino-alcohol motifs (C(OH)–C–C–N with tert-alkyl or cyclic N) is 1. The van der Waals surface area contributed by atoms with E-state index in [1.165, 1.54) is 4.90 Å². The Kier molecular flexibility index (Phi) is 5.85. The monoisotopic (exact) mass is 373 g/mol. The van der Waals surface area contributed by atoms with Gasteiger partial charge < -0.3 is 15.3 Å². The van der Waals surface area contributed by atoms with Gasteiger partial charge in [-0.2, -0.15) is 0 Å². The van der Waals surface area contributed by atoms with Crippen LogP contribution in [0.3, 0.4) is 0 Å². The summed E-state index contributed by atoms with van der Waals surface area (Å²) in [5, 5.41) is 13.4. The van der Waals surface area contributed by atoms with Gasteiger partial charge >= 0.3 is 0 Å². The summed E-state index contributed by atoms with van der Waals surface area (Å²) in [6, 6.07) is 10.1. The number of aliphatic hydroxyl groups excluding tert-OH is 1. The summed E-state index contributed by atoms with van der Waals surface area (Å²) < 4.78 is 0. The number of halogens is 1. The molecule has 7 heteroatoms. The molecule has 1 aromatic carbocycles. The van der Waals surface area contributed by atoms with Crippen LogP contribution >= 0.6 is 11.6 Å². The summed E-state index contributed by atoms with van der Waals surface area (Å²) in [5.41, 5.74) is 1.69. The van der Waals surface area contributed by atoms with Crippen molar-refractivity contribution in [2.45, 2.75) is 31.5 Å². The Bertz CT molecular complexity index is 767. The van der Waals surface area contributed by atoms with Crippen LogP contribution in [0.15, 0.2) is 48.8 Å². The summed E-state index contributed by atoms with van der Waals surface area (Å²) in [6.07, 6.45) is 2.96. The van der Waals surface area contributed by atoms with Crippen molar-refractivity contribution >= 4 is 23.4 Å². The lowest BCUT2D eigenvalue weighted by molar-refractivity contribution is -0.138. The van der Waals surface area contributed by atoms with Gasteiger partial charge in [0, 0.05) is 36.9 Å². The second-order valence-corrected chi connectivity index (χ2v) is 6.77. The molecule has 2 aromatic rings. The number of aliphatic hydroxyl groups is 1. The van der Waals surface area contributed by atoms with Gasteiger partial charge in [-0.05, 0) is 29.3 Å². The van der Waals surface area contributed by atoms with Gasteiger partial charge in [-0.1, -0.05) is 29.8 Å². The summed E-state index contributed by atoms with van der Waals surface area (Å²) in [5.74, 6) is -0.461. The van der Waals surface area contributed by atoms with Crippen LogP contribution in [0.1, 0.15) is 17.5 Å². The molecule has 2 atom stereocenters. The Morgan fingerprint density at radius 1 is 1.23 bits per heavy atom. The Hall–Kier alpha value is -2.44. The number of likely N-dealkylation sites (tertiary alicyclic amines) is 1. The van der Waals surface area contributed by atoms with Crippen molar-refractivity contribution < 1.29 is 14.7 Å².